The Kier molecular flexibility index (Phi) is 4.26. The van der Waals surface area contributed by atoms with Crippen LogP contribution in [0.3, 0.4) is 0 Å². The number of nitrogens with zero attached hydrogens (tertiary/aromatic N) is 1. The van der Waals surface area contributed by atoms with Gasteiger partial charge in [-0.15, -0.1) is 0 Å². The van der Waals surface area contributed by atoms with E-state index < -0.39 is 10.0 Å². The van der Waals surface area contributed by atoms with Crippen LogP contribution in [-0.4, -0.2) is 14.5 Å². The fourth-order valence-electron chi connectivity index (χ4n) is 2.66. The van der Waals surface area contributed by atoms with Crippen LogP contribution in [0.4, 0.5) is 5.69 Å². The highest BCUT2D eigenvalue weighted by Crippen LogP contribution is 2.35. The van der Waals surface area contributed by atoms with E-state index in [1.807, 2.05) is 6.07 Å². The van der Waals surface area contributed by atoms with Gasteiger partial charge >= 0.3 is 0 Å². The molecule has 1 aromatic rings. The predicted molar refractivity (Wildman–Crippen MR) is 81.9 cm³/mol. The maximum atomic E-state index is 12.4. The Morgan fingerprint density at radius 3 is 2.48 bits per heavy atom. The van der Waals surface area contributed by atoms with Crippen LogP contribution in [-0.2, 0) is 10.0 Å². The van der Waals surface area contributed by atoms with E-state index in [0.29, 0.717) is 5.56 Å². The van der Waals surface area contributed by atoms with E-state index in [1.165, 1.54) is 18.2 Å². The maximum absolute atomic E-state index is 12.4. The summed E-state index contributed by atoms with van der Waals surface area (Å²) in [4.78, 5) is 0.0475. The van der Waals surface area contributed by atoms with Gasteiger partial charge in [0, 0.05) is 6.04 Å². The first kappa shape index (κ1) is 15.8. The summed E-state index contributed by atoms with van der Waals surface area (Å²) in [7, 11) is -3.64. The number of hydrogen-bond donors (Lipinski definition) is 2. The molecule has 21 heavy (non-hydrogen) atoms. The van der Waals surface area contributed by atoms with E-state index in [2.05, 4.69) is 18.6 Å². The maximum Gasteiger partial charge on any atom is 0.242 e. The van der Waals surface area contributed by atoms with Gasteiger partial charge in [0.15, 0.2) is 0 Å². The molecule has 114 valence electrons. The van der Waals surface area contributed by atoms with E-state index in [1.54, 1.807) is 0 Å². The van der Waals surface area contributed by atoms with Gasteiger partial charge in [0.05, 0.1) is 17.3 Å². The number of nitrogens with one attached hydrogen (secondary N) is 1. The van der Waals surface area contributed by atoms with E-state index in [4.69, 9.17) is 11.0 Å². The van der Waals surface area contributed by atoms with E-state index in [-0.39, 0.29) is 22.0 Å². The van der Waals surface area contributed by atoms with Gasteiger partial charge in [0.1, 0.15) is 4.90 Å². The van der Waals surface area contributed by atoms with Crippen molar-refractivity contribution in [2.45, 2.75) is 50.5 Å². The van der Waals surface area contributed by atoms with Crippen LogP contribution in [0, 0.1) is 16.7 Å². The normalized spacial score (nSPS) is 19.1. The van der Waals surface area contributed by atoms with E-state index in [0.717, 1.165) is 25.7 Å². The zero-order valence-electron chi connectivity index (χ0n) is 12.4. The largest absolute Gasteiger partial charge is 0.398 e. The lowest BCUT2D eigenvalue weighted by atomic mass is 9.76. The van der Waals surface area contributed by atoms with Gasteiger partial charge < -0.3 is 5.73 Å². The molecule has 5 nitrogen and oxygen atoms in total. The Bertz CT molecular complexity index is 665. The quantitative estimate of drug-likeness (QED) is 0.838. The molecule has 0 bridgehead atoms. The molecule has 0 amide bonds. The lowest BCUT2D eigenvalue weighted by molar-refractivity contribution is 0.218. The second-order valence-electron chi connectivity index (χ2n) is 6.42. The second-order valence-corrected chi connectivity index (χ2v) is 8.11. The number of benzene rings is 1. The van der Waals surface area contributed by atoms with Crippen LogP contribution in [0.2, 0.25) is 0 Å². The number of hydrogen-bond acceptors (Lipinski definition) is 4. The van der Waals surface area contributed by atoms with Crippen LogP contribution >= 0.6 is 0 Å². The molecule has 0 atom stereocenters. The van der Waals surface area contributed by atoms with Crippen molar-refractivity contribution in [2.24, 2.45) is 5.41 Å². The molecule has 0 heterocycles. The van der Waals surface area contributed by atoms with Gasteiger partial charge in [0.2, 0.25) is 10.0 Å². The molecule has 3 N–H and O–H groups in total. The van der Waals surface area contributed by atoms with Crippen LogP contribution in [0.5, 0.6) is 0 Å². The second kappa shape index (κ2) is 5.66. The SMILES string of the molecule is CC1(C)CCC(NS(=O)(=O)c2ccc(C#N)cc2N)CC1. The zero-order chi connectivity index (χ0) is 15.7. The third-order valence-electron chi connectivity index (χ3n) is 4.09. The number of nitrogens with two attached hydrogens (primary N) is 1. The summed E-state index contributed by atoms with van der Waals surface area (Å²) in [6, 6.07) is 6.14. The molecule has 0 spiro atoms. The Labute approximate surface area is 126 Å². The molecule has 1 aliphatic carbocycles. The standard InChI is InChI=1S/C15H21N3O2S/c1-15(2)7-5-12(6-8-15)18-21(19,20)14-4-3-11(10-16)9-13(14)17/h3-4,9,12,18H,5-8,17H2,1-2H3. The third kappa shape index (κ3) is 3.74. The molecule has 0 aromatic heterocycles. The zero-order valence-corrected chi connectivity index (χ0v) is 13.2. The average Bonchev–Trinajstić information content (AvgIpc) is 2.40. The molecule has 1 aromatic carbocycles. The van der Waals surface area contributed by atoms with Crippen LogP contribution in [0.1, 0.15) is 45.1 Å². The fourth-order valence-corrected chi connectivity index (χ4v) is 4.08. The van der Waals surface area contributed by atoms with Crippen molar-refractivity contribution < 1.29 is 8.42 Å². The molecule has 0 aliphatic heterocycles. The lowest BCUT2D eigenvalue weighted by Gasteiger charge is -2.34. The van der Waals surface area contributed by atoms with Gasteiger partial charge in [-0.3, -0.25) is 0 Å². The first-order chi connectivity index (χ1) is 9.73. The molecule has 1 fully saturated rings. The predicted octanol–water partition coefficient (Wildman–Crippen LogP) is 2.39. The highest BCUT2D eigenvalue weighted by atomic mass is 32.2. The molecule has 0 unspecified atom stereocenters. The molecule has 1 aliphatic rings. The topological polar surface area (TPSA) is 96.0 Å². The van der Waals surface area contributed by atoms with Crippen molar-refractivity contribution in [1.29, 1.82) is 5.26 Å². The Hall–Kier alpha value is -1.58. The van der Waals surface area contributed by atoms with Crippen molar-refractivity contribution in [3.63, 3.8) is 0 Å². The van der Waals surface area contributed by atoms with Gasteiger partial charge in [0.25, 0.3) is 0 Å². The number of nitriles is 1. The molecule has 6 heteroatoms. The van der Waals surface area contributed by atoms with Crippen molar-refractivity contribution in [3.05, 3.63) is 23.8 Å². The van der Waals surface area contributed by atoms with Gasteiger partial charge in [-0.25, -0.2) is 13.1 Å². The summed E-state index contributed by atoms with van der Waals surface area (Å²) in [6.45, 7) is 4.41. The van der Waals surface area contributed by atoms with Gasteiger partial charge in [-0.05, 0) is 49.3 Å². The summed E-state index contributed by atoms with van der Waals surface area (Å²) in [5, 5.41) is 8.80. The van der Waals surface area contributed by atoms with Crippen LogP contribution in [0.25, 0.3) is 0 Å². The number of rotatable bonds is 3. The van der Waals surface area contributed by atoms with Crippen molar-refractivity contribution in [2.75, 3.05) is 5.73 Å². The molecule has 0 saturated heterocycles. The molecule has 0 radical (unpaired) electrons. The highest BCUT2D eigenvalue weighted by molar-refractivity contribution is 7.89. The summed E-state index contributed by atoms with van der Waals surface area (Å²) in [6.07, 6.45) is 3.68. The number of sulfonamides is 1. The minimum absolute atomic E-state index is 0.0435. The van der Waals surface area contributed by atoms with Crippen molar-refractivity contribution in [1.82, 2.24) is 4.72 Å². The minimum Gasteiger partial charge on any atom is -0.398 e. The minimum atomic E-state index is -3.64. The molecule has 1 saturated carbocycles. The third-order valence-corrected chi connectivity index (χ3v) is 5.68. The Morgan fingerprint density at radius 1 is 1.33 bits per heavy atom. The van der Waals surface area contributed by atoms with E-state index in [9.17, 15) is 8.42 Å². The van der Waals surface area contributed by atoms with Gasteiger partial charge in [-0.1, -0.05) is 13.8 Å². The monoisotopic (exact) mass is 307 g/mol. The van der Waals surface area contributed by atoms with Crippen molar-refractivity contribution >= 4 is 15.7 Å². The smallest absolute Gasteiger partial charge is 0.242 e. The van der Waals surface area contributed by atoms with E-state index >= 15 is 0 Å². The highest BCUT2D eigenvalue weighted by Gasteiger charge is 2.30. The van der Waals surface area contributed by atoms with Crippen LogP contribution < -0.4 is 10.5 Å². The van der Waals surface area contributed by atoms with Crippen molar-refractivity contribution in [3.8, 4) is 6.07 Å². The van der Waals surface area contributed by atoms with Crippen LogP contribution in [0.15, 0.2) is 23.1 Å². The number of nitrogen functional groups attached to an aromatic ring is 1. The Morgan fingerprint density at radius 2 is 1.95 bits per heavy atom. The number of anilines is 1. The first-order valence-electron chi connectivity index (χ1n) is 7.05. The average molecular weight is 307 g/mol. The summed E-state index contributed by atoms with van der Waals surface area (Å²) in [5.74, 6) is 0. The molecular weight excluding hydrogens is 286 g/mol. The Balaban J connectivity index is 2.15. The summed E-state index contributed by atoms with van der Waals surface area (Å²) >= 11 is 0. The summed E-state index contributed by atoms with van der Waals surface area (Å²) in [5.41, 5.74) is 6.51. The molecular formula is C15H21N3O2S. The summed E-state index contributed by atoms with van der Waals surface area (Å²) < 4.78 is 27.6. The fraction of sp³-hybridized carbons (Fsp3) is 0.533. The molecule has 2 rings (SSSR count). The van der Waals surface area contributed by atoms with Gasteiger partial charge in [-0.2, -0.15) is 5.26 Å². The first-order valence-corrected chi connectivity index (χ1v) is 8.54. The lowest BCUT2D eigenvalue weighted by Crippen LogP contribution is -2.39.